The van der Waals surface area contributed by atoms with Crippen molar-refractivity contribution in [3.8, 4) is 0 Å². The van der Waals surface area contributed by atoms with Crippen LogP contribution in [0.2, 0.25) is 0 Å². The molecule has 0 aromatic heterocycles. The first-order chi connectivity index (χ1) is 10.6. The second kappa shape index (κ2) is 6.59. The van der Waals surface area contributed by atoms with E-state index in [0.29, 0.717) is 12.5 Å². The molecule has 3 aliphatic rings. The van der Waals surface area contributed by atoms with Crippen LogP contribution < -0.4 is 0 Å². The summed E-state index contributed by atoms with van der Waals surface area (Å²) in [7, 11) is 0. The fourth-order valence-corrected chi connectivity index (χ4v) is 4.70. The Bertz CT molecular complexity index is 431. The highest BCUT2D eigenvalue weighted by Gasteiger charge is 2.48. The van der Waals surface area contributed by atoms with Crippen LogP contribution in [0.5, 0.6) is 0 Å². The maximum absolute atomic E-state index is 13.0. The van der Waals surface area contributed by atoms with E-state index in [0.717, 1.165) is 44.8 Å². The maximum Gasteiger partial charge on any atom is 0.230 e. The van der Waals surface area contributed by atoms with Gasteiger partial charge in [-0.15, -0.1) is 0 Å². The minimum Gasteiger partial charge on any atom is -0.342 e. The van der Waals surface area contributed by atoms with Gasteiger partial charge in [0.2, 0.25) is 11.8 Å². The molecule has 0 aromatic carbocycles. The van der Waals surface area contributed by atoms with Crippen molar-refractivity contribution in [2.75, 3.05) is 26.2 Å². The maximum atomic E-state index is 13.0. The van der Waals surface area contributed by atoms with Crippen LogP contribution in [0.1, 0.15) is 64.7 Å². The zero-order valence-electron chi connectivity index (χ0n) is 14.0. The van der Waals surface area contributed by atoms with Gasteiger partial charge in [-0.25, -0.2) is 0 Å². The molecule has 0 bridgehead atoms. The van der Waals surface area contributed by atoms with Crippen molar-refractivity contribution < 1.29 is 9.59 Å². The second-order valence-corrected chi connectivity index (χ2v) is 7.66. The summed E-state index contributed by atoms with van der Waals surface area (Å²) < 4.78 is 0. The van der Waals surface area contributed by atoms with E-state index in [1.807, 2.05) is 4.90 Å². The molecule has 22 heavy (non-hydrogen) atoms. The van der Waals surface area contributed by atoms with Crippen LogP contribution >= 0.6 is 0 Å². The van der Waals surface area contributed by atoms with Gasteiger partial charge in [0.25, 0.3) is 0 Å². The third kappa shape index (κ3) is 3.16. The van der Waals surface area contributed by atoms with Crippen molar-refractivity contribution >= 4 is 11.8 Å². The molecule has 3 fully saturated rings. The number of likely N-dealkylation sites (tertiary alicyclic amines) is 2. The summed E-state index contributed by atoms with van der Waals surface area (Å²) in [5, 5.41) is 0. The monoisotopic (exact) mass is 306 g/mol. The molecular weight excluding hydrogens is 276 g/mol. The van der Waals surface area contributed by atoms with Gasteiger partial charge in [0.05, 0.1) is 5.41 Å². The molecule has 3 rings (SSSR count). The molecule has 1 spiro atoms. The molecule has 0 aromatic rings. The summed E-state index contributed by atoms with van der Waals surface area (Å²) in [4.78, 5) is 28.5. The number of amides is 2. The summed E-state index contributed by atoms with van der Waals surface area (Å²) in [6.45, 7) is 4.89. The number of hydrogen-bond donors (Lipinski definition) is 0. The van der Waals surface area contributed by atoms with E-state index < -0.39 is 0 Å². The summed E-state index contributed by atoms with van der Waals surface area (Å²) in [6, 6.07) is 0. The van der Waals surface area contributed by atoms with Gasteiger partial charge in [0.15, 0.2) is 0 Å². The molecule has 2 saturated heterocycles. The molecule has 2 amide bonds. The van der Waals surface area contributed by atoms with Crippen molar-refractivity contribution in [2.45, 2.75) is 64.7 Å². The lowest BCUT2D eigenvalue weighted by Gasteiger charge is -2.40. The van der Waals surface area contributed by atoms with Gasteiger partial charge in [-0.2, -0.15) is 0 Å². The largest absolute Gasteiger partial charge is 0.342 e. The summed E-state index contributed by atoms with van der Waals surface area (Å²) in [5.41, 5.74) is -0.253. The van der Waals surface area contributed by atoms with Crippen molar-refractivity contribution in [1.29, 1.82) is 0 Å². The Morgan fingerprint density at radius 2 is 1.91 bits per heavy atom. The Balaban J connectivity index is 1.57. The fourth-order valence-electron chi connectivity index (χ4n) is 4.70. The Morgan fingerprint density at radius 3 is 2.59 bits per heavy atom. The molecule has 1 unspecified atom stereocenters. The Kier molecular flexibility index (Phi) is 4.74. The summed E-state index contributed by atoms with van der Waals surface area (Å²) in [6.07, 6.45) is 11.0. The van der Waals surface area contributed by atoms with E-state index in [2.05, 4.69) is 4.90 Å². The van der Waals surface area contributed by atoms with Gasteiger partial charge < -0.3 is 9.80 Å². The first-order valence-electron chi connectivity index (χ1n) is 9.16. The minimum absolute atomic E-state index is 0.115. The SMILES string of the molecule is CC(=O)N1CCC2(CCCN(CCC3CCCCC3)C2=O)C1. The summed E-state index contributed by atoms with van der Waals surface area (Å²) in [5.74, 6) is 1.28. The van der Waals surface area contributed by atoms with Crippen LogP contribution in [0.15, 0.2) is 0 Å². The number of nitrogens with zero attached hydrogens (tertiary/aromatic N) is 2. The predicted molar refractivity (Wildman–Crippen MR) is 86.3 cm³/mol. The molecule has 2 heterocycles. The van der Waals surface area contributed by atoms with Crippen molar-refractivity contribution in [1.82, 2.24) is 9.80 Å². The van der Waals surface area contributed by atoms with E-state index >= 15 is 0 Å². The van der Waals surface area contributed by atoms with E-state index in [-0.39, 0.29) is 11.3 Å². The van der Waals surface area contributed by atoms with Crippen LogP contribution in [-0.4, -0.2) is 47.8 Å². The lowest BCUT2D eigenvalue weighted by atomic mass is 9.78. The summed E-state index contributed by atoms with van der Waals surface area (Å²) >= 11 is 0. The number of rotatable bonds is 3. The quantitative estimate of drug-likeness (QED) is 0.804. The van der Waals surface area contributed by atoms with Crippen molar-refractivity contribution in [3.05, 3.63) is 0 Å². The van der Waals surface area contributed by atoms with E-state index in [4.69, 9.17) is 0 Å². The Morgan fingerprint density at radius 1 is 1.14 bits per heavy atom. The number of carbonyl (C=O) groups excluding carboxylic acids is 2. The standard InChI is InChI=1S/C18H30N2O2/c1-15(21)20-13-10-18(14-20)9-5-11-19(17(18)22)12-8-16-6-3-2-4-7-16/h16H,2-14H2,1H3. The number of piperidine rings is 1. The normalized spacial score (nSPS) is 30.3. The highest BCUT2D eigenvalue weighted by molar-refractivity contribution is 5.85. The van der Waals surface area contributed by atoms with Gasteiger partial charge in [-0.05, 0) is 31.6 Å². The zero-order chi connectivity index (χ0) is 15.6. The molecule has 4 nitrogen and oxygen atoms in total. The van der Waals surface area contributed by atoms with Crippen LogP contribution in [0.3, 0.4) is 0 Å². The highest BCUT2D eigenvalue weighted by Crippen LogP contribution is 2.40. The minimum atomic E-state index is -0.253. The zero-order valence-corrected chi connectivity index (χ0v) is 14.0. The fraction of sp³-hybridized carbons (Fsp3) is 0.889. The van der Waals surface area contributed by atoms with Gasteiger partial charge in [-0.1, -0.05) is 32.1 Å². The third-order valence-corrected chi connectivity index (χ3v) is 6.16. The first-order valence-corrected chi connectivity index (χ1v) is 9.16. The first kappa shape index (κ1) is 15.8. The van der Waals surface area contributed by atoms with Gasteiger partial charge >= 0.3 is 0 Å². The van der Waals surface area contributed by atoms with Crippen LogP contribution in [0.4, 0.5) is 0 Å². The molecule has 0 radical (unpaired) electrons. The molecule has 1 saturated carbocycles. The molecular formula is C18H30N2O2. The van der Waals surface area contributed by atoms with Crippen LogP contribution in [-0.2, 0) is 9.59 Å². The lowest BCUT2D eigenvalue weighted by Crippen LogP contribution is -2.50. The second-order valence-electron chi connectivity index (χ2n) is 7.66. The topological polar surface area (TPSA) is 40.6 Å². The molecule has 1 atom stereocenters. The lowest BCUT2D eigenvalue weighted by molar-refractivity contribution is -0.146. The van der Waals surface area contributed by atoms with E-state index in [1.54, 1.807) is 6.92 Å². The highest BCUT2D eigenvalue weighted by atomic mass is 16.2. The molecule has 2 aliphatic heterocycles. The third-order valence-electron chi connectivity index (χ3n) is 6.16. The Hall–Kier alpha value is -1.06. The predicted octanol–water partition coefficient (Wildman–Crippen LogP) is 2.82. The molecule has 0 N–H and O–H groups in total. The number of carbonyl (C=O) groups is 2. The van der Waals surface area contributed by atoms with Crippen molar-refractivity contribution in [2.24, 2.45) is 11.3 Å². The van der Waals surface area contributed by atoms with Crippen molar-refractivity contribution in [3.63, 3.8) is 0 Å². The molecule has 124 valence electrons. The van der Waals surface area contributed by atoms with E-state index in [9.17, 15) is 9.59 Å². The smallest absolute Gasteiger partial charge is 0.230 e. The number of hydrogen-bond acceptors (Lipinski definition) is 2. The van der Waals surface area contributed by atoms with E-state index in [1.165, 1.54) is 38.5 Å². The Labute approximate surface area is 134 Å². The average molecular weight is 306 g/mol. The van der Waals surface area contributed by atoms with Crippen LogP contribution in [0, 0.1) is 11.3 Å². The average Bonchev–Trinajstić information content (AvgIpc) is 2.95. The van der Waals surface area contributed by atoms with Gasteiger partial charge in [0.1, 0.15) is 0 Å². The van der Waals surface area contributed by atoms with Gasteiger partial charge in [-0.3, -0.25) is 9.59 Å². The van der Waals surface area contributed by atoms with Gasteiger partial charge in [0, 0.05) is 33.1 Å². The molecule has 4 heteroatoms. The van der Waals surface area contributed by atoms with Crippen LogP contribution in [0.25, 0.3) is 0 Å². The molecule has 1 aliphatic carbocycles.